The van der Waals surface area contributed by atoms with Crippen molar-refractivity contribution in [3.8, 4) is 0 Å². The molecule has 0 saturated heterocycles. The third-order valence-electron chi connectivity index (χ3n) is 0.575. The molecule has 0 amide bonds. The topological polar surface area (TPSA) is 9.23 Å². The van der Waals surface area contributed by atoms with Crippen molar-refractivity contribution in [1.82, 2.24) is 0 Å². The van der Waals surface area contributed by atoms with Crippen molar-refractivity contribution >= 4 is 23.0 Å². The molecule has 0 atom stereocenters. The van der Waals surface area contributed by atoms with Gasteiger partial charge in [0.25, 0.3) is 0 Å². The fourth-order valence-electron chi connectivity index (χ4n) is 0.194. The fraction of sp³-hybridized carbons (Fsp3) is 0.200. The first-order chi connectivity index (χ1) is 3.35. The van der Waals surface area contributed by atoms with Gasteiger partial charge in [-0.05, 0) is 19.1 Å². The quantitative estimate of drug-likeness (QED) is 0.386. The molecule has 0 radical (unpaired) electrons. The van der Waals surface area contributed by atoms with Crippen LogP contribution in [0.1, 0.15) is 6.92 Å². The van der Waals surface area contributed by atoms with Crippen LogP contribution in [0.2, 0.25) is 0 Å². The average Bonchev–Trinajstić information content (AvgIpc) is 1.72. The molecule has 7 heavy (non-hydrogen) atoms. The van der Waals surface area contributed by atoms with Gasteiger partial charge in [0.2, 0.25) is 0 Å². The molecular formula is C5H7IO. The van der Waals surface area contributed by atoms with E-state index in [1.807, 2.05) is 36.0 Å². The van der Waals surface area contributed by atoms with E-state index in [9.17, 15) is 0 Å². The number of halogens is 1. The summed E-state index contributed by atoms with van der Waals surface area (Å²) in [4.78, 5) is 0. The monoisotopic (exact) mass is 210 g/mol. The van der Waals surface area contributed by atoms with Crippen LogP contribution in [0.4, 0.5) is 0 Å². The van der Waals surface area contributed by atoms with E-state index in [1.165, 1.54) is 0 Å². The Hall–Kier alpha value is 0.0100. The van der Waals surface area contributed by atoms with Gasteiger partial charge in [-0.1, -0.05) is 6.58 Å². The molecule has 0 fully saturated rings. The van der Waals surface area contributed by atoms with Gasteiger partial charge in [0.1, 0.15) is 5.76 Å². The van der Waals surface area contributed by atoms with Crippen molar-refractivity contribution in [3.05, 3.63) is 24.5 Å². The molecule has 0 unspecified atom stereocenters. The van der Waals surface area contributed by atoms with Gasteiger partial charge in [-0.15, -0.1) is 0 Å². The second-order valence-corrected chi connectivity index (χ2v) is 1.41. The summed E-state index contributed by atoms with van der Waals surface area (Å²) in [7, 11) is 0. The molecule has 2 heteroatoms. The zero-order valence-electron chi connectivity index (χ0n) is 4.15. The number of allylic oxidation sites excluding steroid dienone is 2. The SMILES string of the molecule is C=C/C(=C\C)OI. The highest BCUT2D eigenvalue weighted by molar-refractivity contribution is 14.1. The molecule has 0 N–H and O–H groups in total. The molecular weight excluding hydrogens is 203 g/mol. The lowest BCUT2D eigenvalue weighted by Crippen LogP contribution is -1.68. The van der Waals surface area contributed by atoms with Gasteiger partial charge in [0, 0.05) is 0 Å². The van der Waals surface area contributed by atoms with Crippen molar-refractivity contribution in [2.24, 2.45) is 0 Å². The van der Waals surface area contributed by atoms with E-state index in [0.29, 0.717) is 0 Å². The molecule has 0 bridgehead atoms. The average molecular weight is 210 g/mol. The van der Waals surface area contributed by atoms with Gasteiger partial charge in [-0.3, -0.25) is 0 Å². The summed E-state index contributed by atoms with van der Waals surface area (Å²) in [5, 5.41) is 0. The summed E-state index contributed by atoms with van der Waals surface area (Å²) in [6.45, 7) is 5.40. The maximum absolute atomic E-state index is 4.76. The van der Waals surface area contributed by atoms with Crippen LogP contribution in [0.3, 0.4) is 0 Å². The molecule has 0 aliphatic heterocycles. The normalized spacial score (nSPS) is 10.9. The van der Waals surface area contributed by atoms with E-state index in [-0.39, 0.29) is 0 Å². The molecule has 0 spiro atoms. The minimum absolute atomic E-state index is 0.806. The second-order valence-electron chi connectivity index (χ2n) is 0.972. The van der Waals surface area contributed by atoms with E-state index < -0.39 is 0 Å². The molecule has 0 heterocycles. The highest BCUT2D eigenvalue weighted by Gasteiger charge is 1.79. The summed E-state index contributed by atoms with van der Waals surface area (Å²) in [6, 6.07) is 0. The van der Waals surface area contributed by atoms with Crippen LogP contribution < -0.4 is 0 Å². The second kappa shape index (κ2) is 4.18. The first-order valence-electron chi connectivity index (χ1n) is 1.92. The largest absolute Gasteiger partial charge is 0.428 e. The smallest absolute Gasteiger partial charge is 0.192 e. The Morgan fingerprint density at radius 1 is 1.86 bits per heavy atom. The van der Waals surface area contributed by atoms with Crippen molar-refractivity contribution in [3.63, 3.8) is 0 Å². The van der Waals surface area contributed by atoms with Crippen LogP contribution in [0.5, 0.6) is 0 Å². The summed E-state index contributed by atoms with van der Waals surface area (Å²) >= 11 is 1.81. The Morgan fingerprint density at radius 3 is 2.43 bits per heavy atom. The fourth-order valence-corrected chi connectivity index (χ4v) is 0.628. The Bertz CT molecular complexity index is 86.1. The number of rotatable bonds is 2. The van der Waals surface area contributed by atoms with E-state index in [0.717, 1.165) is 5.76 Å². The lowest BCUT2D eigenvalue weighted by atomic mass is 10.5. The van der Waals surface area contributed by atoms with Crippen molar-refractivity contribution in [1.29, 1.82) is 0 Å². The van der Waals surface area contributed by atoms with Crippen molar-refractivity contribution in [2.75, 3.05) is 0 Å². The van der Waals surface area contributed by atoms with E-state index in [4.69, 9.17) is 3.07 Å². The maximum Gasteiger partial charge on any atom is 0.192 e. The van der Waals surface area contributed by atoms with E-state index >= 15 is 0 Å². The minimum atomic E-state index is 0.806. The van der Waals surface area contributed by atoms with Gasteiger partial charge >= 0.3 is 0 Å². The van der Waals surface area contributed by atoms with Gasteiger partial charge in [-0.2, -0.15) is 0 Å². The first kappa shape index (κ1) is 7.01. The minimum Gasteiger partial charge on any atom is -0.428 e. The summed E-state index contributed by atoms with van der Waals surface area (Å²) in [5.41, 5.74) is 0. The van der Waals surface area contributed by atoms with Crippen LogP contribution in [0.15, 0.2) is 24.5 Å². The zero-order valence-corrected chi connectivity index (χ0v) is 6.31. The molecule has 1 nitrogen and oxygen atoms in total. The van der Waals surface area contributed by atoms with Gasteiger partial charge in [-0.25, -0.2) is 0 Å². The predicted octanol–water partition coefficient (Wildman–Crippen LogP) is 2.44. The number of hydrogen-bond acceptors (Lipinski definition) is 1. The zero-order chi connectivity index (χ0) is 5.70. The highest BCUT2D eigenvalue weighted by atomic mass is 127. The lowest BCUT2D eigenvalue weighted by molar-refractivity contribution is 0.587. The standard InChI is InChI=1S/C5H7IO/c1-3-5(4-2)7-6/h3-4H,1H2,2H3/b5-4+. The molecule has 0 aromatic heterocycles. The third-order valence-corrected chi connectivity index (χ3v) is 1.08. The third kappa shape index (κ3) is 2.68. The molecule has 40 valence electrons. The van der Waals surface area contributed by atoms with Gasteiger partial charge in [0.05, 0.1) is 0 Å². The summed E-state index contributed by atoms with van der Waals surface area (Å²) in [5.74, 6) is 0.806. The van der Waals surface area contributed by atoms with Gasteiger partial charge in [0.15, 0.2) is 23.0 Å². The van der Waals surface area contributed by atoms with Crippen LogP contribution in [0, 0.1) is 0 Å². The Morgan fingerprint density at radius 2 is 2.43 bits per heavy atom. The van der Waals surface area contributed by atoms with E-state index in [1.54, 1.807) is 6.08 Å². The molecule has 0 saturated carbocycles. The van der Waals surface area contributed by atoms with E-state index in [2.05, 4.69) is 6.58 Å². The molecule has 0 aromatic carbocycles. The molecule has 0 aromatic rings. The molecule has 0 rings (SSSR count). The predicted molar refractivity (Wildman–Crippen MR) is 39.1 cm³/mol. The van der Waals surface area contributed by atoms with Crippen molar-refractivity contribution < 1.29 is 3.07 Å². The van der Waals surface area contributed by atoms with Crippen LogP contribution in [-0.2, 0) is 3.07 Å². The number of hydrogen-bond donors (Lipinski definition) is 0. The highest BCUT2D eigenvalue weighted by Crippen LogP contribution is 2.01. The van der Waals surface area contributed by atoms with Gasteiger partial charge < -0.3 is 3.07 Å². The summed E-state index contributed by atoms with van der Waals surface area (Å²) < 4.78 is 4.76. The van der Waals surface area contributed by atoms with Crippen LogP contribution in [-0.4, -0.2) is 0 Å². The summed E-state index contributed by atoms with van der Waals surface area (Å²) in [6.07, 6.45) is 3.51. The maximum atomic E-state index is 4.76. The molecule has 0 aliphatic rings. The van der Waals surface area contributed by atoms with Crippen molar-refractivity contribution in [2.45, 2.75) is 6.92 Å². The van der Waals surface area contributed by atoms with Crippen LogP contribution in [0.25, 0.3) is 0 Å². The van der Waals surface area contributed by atoms with Crippen LogP contribution >= 0.6 is 23.0 Å². The Labute approximate surface area is 57.7 Å². The lowest BCUT2D eigenvalue weighted by Gasteiger charge is -1.89. The molecule has 0 aliphatic carbocycles. The Balaban J connectivity index is 3.60. The first-order valence-corrected chi connectivity index (χ1v) is 2.80. The Kier molecular flexibility index (Phi) is 4.18.